The fourth-order valence-corrected chi connectivity index (χ4v) is 2.76. The molecule has 2 rings (SSSR count). The Morgan fingerprint density at radius 2 is 1.53 bits per heavy atom. The molecule has 0 aromatic heterocycles. The molecule has 0 saturated carbocycles. The highest BCUT2D eigenvalue weighted by Crippen LogP contribution is 2.37. The van der Waals surface area contributed by atoms with Gasteiger partial charge in [-0.25, -0.2) is 14.5 Å². The minimum atomic E-state index is -2.29. The van der Waals surface area contributed by atoms with Crippen LogP contribution in [0, 0.1) is 11.3 Å². The first-order valence-corrected chi connectivity index (χ1v) is 9.33. The molecular formula is C22H26N2O6. The van der Waals surface area contributed by atoms with E-state index >= 15 is 0 Å². The summed E-state index contributed by atoms with van der Waals surface area (Å²) in [6.45, 7) is 9.72. The molecule has 8 heteroatoms. The number of esters is 1. The average Bonchev–Trinajstić information content (AvgIpc) is 2.93. The van der Waals surface area contributed by atoms with E-state index < -0.39 is 34.7 Å². The Balaban J connectivity index is 2.61. The number of carbonyl (C=O) groups is 3. The van der Waals surface area contributed by atoms with Gasteiger partial charge in [0.15, 0.2) is 0 Å². The van der Waals surface area contributed by atoms with Gasteiger partial charge in [-0.2, -0.15) is 5.26 Å². The molecule has 1 aromatic carbocycles. The Morgan fingerprint density at radius 1 is 1.00 bits per heavy atom. The molecule has 1 atom stereocenters. The smallest absolute Gasteiger partial charge is 0.419 e. The van der Waals surface area contributed by atoms with Crippen LogP contribution in [-0.4, -0.2) is 46.7 Å². The van der Waals surface area contributed by atoms with E-state index in [9.17, 15) is 19.6 Å². The molecule has 1 aliphatic heterocycles. The number of rotatable bonds is 3. The Morgan fingerprint density at radius 3 is 1.97 bits per heavy atom. The fourth-order valence-electron chi connectivity index (χ4n) is 2.76. The summed E-state index contributed by atoms with van der Waals surface area (Å²) in [5, 5.41) is 9.95. The van der Waals surface area contributed by atoms with Gasteiger partial charge < -0.3 is 14.2 Å². The lowest BCUT2D eigenvalue weighted by atomic mass is 9.98. The molecule has 1 aromatic rings. The van der Waals surface area contributed by atoms with E-state index in [4.69, 9.17) is 14.2 Å². The summed E-state index contributed by atoms with van der Waals surface area (Å²) in [5.74, 6) is -1.31. The Bertz CT molecular complexity index is 928. The van der Waals surface area contributed by atoms with Crippen LogP contribution in [0.3, 0.4) is 0 Å². The van der Waals surface area contributed by atoms with Gasteiger partial charge in [0.05, 0.1) is 7.11 Å². The van der Waals surface area contributed by atoms with Crippen LogP contribution >= 0.6 is 0 Å². The van der Waals surface area contributed by atoms with Gasteiger partial charge in [0.25, 0.3) is 11.4 Å². The zero-order valence-electron chi connectivity index (χ0n) is 18.2. The number of nitriles is 1. The number of amides is 2. The van der Waals surface area contributed by atoms with Crippen LogP contribution in [0.15, 0.2) is 30.3 Å². The van der Waals surface area contributed by atoms with Crippen molar-refractivity contribution in [1.29, 1.82) is 5.26 Å². The highest BCUT2D eigenvalue weighted by atomic mass is 16.6. The van der Waals surface area contributed by atoms with Crippen molar-refractivity contribution in [3.8, 4) is 11.8 Å². The Hall–Kier alpha value is -3.34. The van der Waals surface area contributed by atoms with E-state index in [-0.39, 0.29) is 5.57 Å². The van der Waals surface area contributed by atoms with Gasteiger partial charge in [0.2, 0.25) is 0 Å². The van der Waals surface area contributed by atoms with Crippen molar-refractivity contribution < 1.29 is 28.6 Å². The molecule has 1 heterocycles. The number of nitrogens with zero attached hydrogens (tertiary/aromatic N) is 2. The maximum absolute atomic E-state index is 13.2. The molecule has 0 aliphatic carbocycles. The summed E-state index contributed by atoms with van der Waals surface area (Å²) in [5.41, 5.74) is -3.76. The molecular weight excluding hydrogens is 388 g/mol. The lowest BCUT2D eigenvalue weighted by molar-refractivity contribution is -0.164. The van der Waals surface area contributed by atoms with Gasteiger partial charge in [-0.05, 0) is 65.3 Å². The highest BCUT2D eigenvalue weighted by molar-refractivity contribution is 6.29. The minimum Gasteiger partial charge on any atom is -0.497 e. The van der Waals surface area contributed by atoms with Crippen LogP contribution < -0.4 is 4.74 Å². The molecule has 0 bridgehead atoms. The monoisotopic (exact) mass is 414 g/mol. The topological polar surface area (TPSA) is 106 Å². The van der Waals surface area contributed by atoms with Crippen LogP contribution in [0.4, 0.5) is 4.79 Å². The Labute approximate surface area is 176 Å². The average molecular weight is 414 g/mol. The fraction of sp³-hybridized carbons (Fsp3) is 0.455. The van der Waals surface area contributed by atoms with Crippen LogP contribution in [0.5, 0.6) is 5.75 Å². The van der Waals surface area contributed by atoms with Crippen molar-refractivity contribution in [2.75, 3.05) is 7.11 Å². The normalized spacial score (nSPS) is 19.1. The van der Waals surface area contributed by atoms with Crippen molar-refractivity contribution >= 4 is 23.5 Å². The third kappa shape index (κ3) is 4.62. The number of benzene rings is 1. The van der Waals surface area contributed by atoms with Gasteiger partial charge in [-0.15, -0.1) is 0 Å². The first-order valence-electron chi connectivity index (χ1n) is 9.33. The SMILES string of the molecule is COc1ccc(C2=C[C@](C#N)(C(=O)OC(C)(C)C)N(C(=O)OC(C)(C)C)C2=O)cc1. The highest BCUT2D eigenvalue weighted by Gasteiger charge is 2.58. The number of hydrogen-bond donors (Lipinski definition) is 0. The number of carbonyl (C=O) groups excluding carboxylic acids is 3. The van der Waals surface area contributed by atoms with Gasteiger partial charge in [0.1, 0.15) is 23.0 Å². The van der Waals surface area contributed by atoms with Crippen LogP contribution in [-0.2, 0) is 19.1 Å². The third-order valence-corrected chi connectivity index (χ3v) is 4.00. The predicted molar refractivity (Wildman–Crippen MR) is 108 cm³/mol. The molecule has 8 nitrogen and oxygen atoms in total. The van der Waals surface area contributed by atoms with E-state index in [2.05, 4.69) is 0 Å². The summed E-state index contributed by atoms with van der Waals surface area (Å²) in [6, 6.07) is 8.24. The zero-order chi connectivity index (χ0) is 22.9. The molecule has 0 spiro atoms. The largest absolute Gasteiger partial charge is 0.497 e. The molecule has 0 radical (unpaired) electrons. The Kier molecular flexibility index (Phi) is 5.98. The minimum absolute atomic E-state index is 0.0101. The molecule has 30 heavy (non-hydrogen) atoms. The quantitative estimate of drug-likeness (QED) is 0.697. The maximum atomic E-state index is 13.2. The number of imide groups is 1. The lowest BCUT2D eigenvalue weighted by Crippen LogP contribution is -2.57. The molecule has 160 valence electrons. The summed E-state index contributed by atoms with van der Waals surface area (Å²) < 4.78 is 15.8. The van der Waals surface area contributed by atoms with Gasteiger partial charge in [0, 0.05) is 5.57 Å². The summed E-state index contributed by atoms with van der Waals surface area (Å²) in [6.07, 6.45) is 0.0365. The second-order valence-corrected chi connectivity index (χ2v) is 8.79. The number of hydrogen-bond acceptors (Lipinski definition) is 7. The van der Waals surface area contributed by atoms with Gasteiger partial charge in [-0.1, -0.05) is 12.1 Å². The third-order valence-electron chi connectivity index (χ3n) is 4.00. The second-order valence-electron chi connectivity index (χ2n) is 8.79. The van der Waals surface area contributed by atoms with E-state index in [0.717, 1.165) is 6.08 Å². The van der Waals surface area contributed by atoms with Gasteiger partial charge in [-0.3, -0.25) is 4.79 Å². The molecule has 0 N–H and O–H groups in total. The number of methoxy groups -OCH3 is 1. The second kappa shape index (κ2) is 7.82. The zero-order valence-corrected chi connectivity index (χ0v) is 18.2. The van der Waals surface area contributed by atoms with Gasteiger partial charge >= 0.3 is 12.1 Å². The van der Waals surface area contributed by atoms with Crippen molar-refractivity contribution in [3.63, 3.8) is 0 Å². The predicted octanol–water partition coefficient (Wildman–Crippen LogP) is 3.46. The van der Waals surface area contributed by atoms with Crippen LogP contribution in [0.1, 0.15) is 47.1 Å². The first-order chi connectivity index (χ1) is 13.7. The molecule has 1 aliphatic rings. The lowest BCUT2D eigenvalue weighted by Gasteiger charge is -2.32. The van der Waals surface area contributed by atoms with Crippen molar-refractivity contribution in [2.45, 2.75) is 58.3 Å². The van der Waals surface area contributed by atoms with E-state index in [1.54, 1.807) is 71.9 Å². The summed E-state index contributed by atoms with van der Waals surface area (Å²) >= 11 is 0. The van der Waals surface area contributed by atoms with Crippen molar-refractivity contribution in [1.82, 2.24) is 4.90 Å². The molecule has 0 fully saturated rings. The van der Waals surface area contributed by atoms with Crippen molar-refractivity contribution in [2.24, 2.45) is 0 Å². The molecule has 0 unspecified atom stereocenters. The summed E-state index contributed by atoms with van der Waals surface area (Å²) in [7, 11) is 1.50. The van der Waals surface area contributed by atoms with Crippen LogP contribution in [0.2, 0.25) is 0 Å². The van der Waals surface area contributed by atoms with E-state index in [1.165, 1.54) is 7.11 Å². The first kappa shape index (κ1) is 22.9. The summed E-state index contributed by atoms with van der Waals surface area (Å²) in [4.78, 5) is 39.6. The molecule has 2 amide bonds. The maximum Gasteiger partial charge on any atom is 0.419 e. The van der Waals surface area contributed by atoms with E-state index in [0.29, 0.717) is 16.2 Å². The van der Waals surface area contributed by atoms with E-state index in [1.807, 2.05) is 0 Å². The molecule has 0 saturated heterocycles. The number of ether oxygens (including phenoxy) is 3. The van der Waals surface area contributed by atoms with Crippen LogP contribution in [0.25, 0.3) is 5.57 Å². The van der Waals surface area contributed by atoms with Crippen molar-refractivity contribution in [3.05, 3.63) is 35.9 Å². The standard InChI is InChI=1S/C22H26N2O6/c1-20(2,3)29-18(26)22(13-23)12-16(14-8-10-15(28-7)11-9-14)17(25)24(22)19(27)30-21(4,5)6/h8-12H,1-7H3/t22-/m0/s1.